The first kappa shape index (κ1) is 15.9. The number of hydrazine groups is 1. The van der Waals surface area contributed by atoms with Gasteiger partial charge in [-0.1, -0.05) is 30.9 Å². The van der Waals surface area contributed by atoms with Crippen molar-refractivity contribution in [2.75, 3.05) is 13.6 Å². The first-order chi connectivity index (χ1) is 10.5. The summed E-state index contributed by atoms with van der Waals surface area (Å²) in [6, 6.07) is 6.71. The van der Waals surface area contributed by atoms with Crippen molar-refractivity contribution in [2.45, 2.75) is 13.3 Å². The zero-order valence-electron chi connectivity index (χ0n) is 12.7. The fourth-order valence-electron chi connectivity index (χ4n) is 2.32. The zero-order chi connectivity index (χ0) is 16.3. The number of nitrogens with zero attached hydrogens (tertiary/aromatic N) is 2. The molecule has 1 aliphatic rings. The summed E-state index contributed by atoms with van der Waals surface area (Å²) in [5, 5.41) is 2.58. The summed E-state index contributed by atoms with van der Waals surface area (Å²) in [5.41, 5.74) is 1.40. The molecule has 0 N–H and O–H groups in total. The van der Waals surface area contributed by atoms with Crippen LogP contribution in [-0.2, 0) is 4.79 Å². The molecule has 1 heterocycles. The van der Waals surface area contributed by atoms with Gasteiger partial charge in [-0.05, 0) is 24.6 Å². The van der Waals surface area contributed by atoms with E-state index in [0.717, 1.165) is 5.01 Å². The van der Waals surface area contributed by atoms with Gasteiger partial charge in [0, 0.05) is 20.0 Å². The Bertz CT molecular complexity index is 641. The third-order valence-corrected chi connectivity index (χ3v) is 3.58. The molecule has 1 aliphatic heterocycles. The Balaban J connectivity index is 2.06. The lowest BCUT2D eigenvalue weighted by atomic mass is 10.1. The molecular formula is C17H18N2O3. The van der Waals surface area contributed by atoms with E-state index < -0.39 is 0 Å². The molecule has 0 fully saturated rings. The van der Waals surface area contributed by atoms with Crippen LogP contribution in [0.3, 0.4) is 0 Å². The number of benzene rings is 1. The van der Waals surface area contributed by atoms with E-state index in [4.69, 9.17) is 0 Å². The van der Waals surface area contributed by atoms with Crippen LogP contribution >= 0.6 is 0 Å². The maximum atomic E-state index is 12.3. The fourth-order valence-corrected chi connectivity index (χ4v) is 2.32. The highest BCUT2D eigenvalue weighted by Crippen LogP contribution is 2.23. The molecule has 1 aromatic rings. The highest BCUT2D eigenvalue weighted by molar-refractivity contribution is 6.20. The molecule has 0 bridgehead atoms. The molecule has 5 nitrogen and oxygen atoms in total. The molecule has 22 heavy (non-hydrogen) atoms. The quantitative estimate of drug-likeness (QED) is 0.459. The summed E-state index contributed by atoms with van der Waals surface area (Å²) in [5.74, 6) is -0.744. The van der Waals surface area contributed by atoms with Gasteiger partial charge in [0.05, 0.1) is 11.1 Å². The lowest BCUT2D eigenvalue weighted by Crippen LogP contribution is -2.44. The summed E-state index contributed by atoms with van der Waals surface area (Å²) < 4.78 is 0. The Morgan fingerprint density at radius 1 is 1.23 bits per heavy atom. The third kappa shape index (κ3) is 2.89. The van der Waals surface area contributed by atoms with E-state index in [0.29, 0.717) is 16.7 Å². The molecule has 1 aromatic carbocycles. The van der Waals surface area contributed by atoms with Gasteiger partial charge >= 0.3 is 0 Å². The maximum Gasteiger partial charge on any atom is 0.276 e. The molecule has 0 aromatic heterocycles. The number of rotatable bonds is 6. The molecule has 0 atom stereocenters. The van der Waals surface area contributed by atoms with Gasteiger partial charge in [-0.2, -0.15) is 0 Å². The van der Waals surface area contributed by atoms with Crippen molar-refractivity contribution in [3.05, 3.63) is 59.7 Å². The second-order valence-corrected chi connectivity index (χ2v) is 5.11. The number of fused-ring (bicyclic) bond motifs is 1. The number of Topliss-reactive ketones (excluding diaryl/α,β-unsaturated/α-hetero) is 1. The Hall–Kier alpha value is -2.53. The van der Waals surface area contributed by atoms with Crippen LogP contribution in [-0.4, -0.2) is 41.2 Å². The van der Waals surface area contributed by atoms with Crippen LogP contribution in [0.4, 0.5) is 0 Å². The highest BCUT2D eigenvalue weighted by atomic mass is 16.2. The minimum Gasteiger partial charge on any atom is -0.295 e. The Kier molecular flexibility index (Phi) is 4.68. The largest absolute Gasteiger partial charge is 0.295 e. The number of hydrogen-bond donors (Lipinski definition) is 0. The third-order valence-electron chi connectivity index (χ3n) is 3.58. The van der Waals surface area contributed by atoms with Gasteiger partial charge in [-0.25, -0.2) is 10.0 Å². The minimum atomic E-state index is -0.353. The lowest BCUT2D eigenvalue weighted by Gasteiger charge is -2.25. The molecule has 5 heteroatoms. The first-order valence-corrected chi connectivity index (χ1v) is 6.98. The normalized spacial score (nSPS) is 14.5. The monoisotopic (exact) mass is 298 g/mol. The fraction of sp³-hybridized carbons (Fsp3) is 0.235. The predicted octanol–water partition coefficient (Wildman–Crippen LogP) is 2.22. The summed E-state index contributed by atoms with van der Waals surface area (Å²) >= 11 is 0. The first-order valence-electron chi connectivity index (χ1n) is 6.98. The molecule has 0 radical (unpaired) electrons. The van der Waals surface area contributed by atoms with E-state index >= 15 is 0 Å². The number of carbonyl (C=O) groups excluding carboxylic acids is 3. The second-order valence-electron chi connectivity index (χ2n) is 5.11. The van der Waals surface area contributed by atoms with Crippen molar-refractivity contribution in [2.24, 2.45) is 0 Å². The molecule has 2 rings (SSSR count). The van der Waals surface area contributed by atoms with E-state index in [1.165, 1.54) is 5.01 Å². The SMILES string of the molecule is C=C/C=C(\C)C(=O)CCN(C)N1C(=O)c2ccccc2C1=O. The van der Waals surface area contributed by atoms with Crippen LogP contribution in [0.1, 0.15) is 34.1 Å². The van der Waals surface area contributed by atoms with E-state index in [1.54, 1.807) is 50.4 Å². The zero-order valence-corrected chi connectivity index (χ0v) is 12.7. The Morgan fingerprint density at radius 2 is 1.77 bits per heavy atom. The van der Waals surface area contributed by atoms with Gasteiger partial charge in [0.25, 0.3) is 11.8 Å². The molecule has 114 valence electrons. The standard InChI is InChI=1S/C17H18N2O3/c1-4-7-12(2)15(20)10-11-18(3)19-16(21)13-8-5-6-9-14(13)17(19)22/h4-9H,1,10-11H2,2-3H3/b12-7+. The van der Waals surface area contributed by atoms with Crippen molar-refractivity contribution < 1.29 is 14.4 Å². The van der Waals surface area contributed by atoms with Crippen molar-refractivity contribution >= 4 is 17.6 Å². The number of hydrogen-bond acceptors (Lipinski definition) is 4. The van der Waals surface area contributed by atoms with Gasteiger partial charge in [-0.15, -0.1) is 0 Å². The van der Waals surface area contributed by atoms with Gasteiger partial charge in [-0.3, -0.25) is 14.4 Å². The molecule has 0 saturated heterocycles. The van der Waals surface area contributed by atoms with E-state index in [2.05, 4.69) is 6.58 Å². The van der Waals surface area contributed by atoms with Gasteiger partial charge in [0.2, 0.25) is 0 Å². The van der Waals surface area contributed by atoms with Crippen LogP contribution < -0.4 is 0 Å². The van der Waals surface area contributed by atoms with Crippen molar-refractivity contribution in [1.82, 2.24) is 10.0 Å². The summed E-state index contributed by atoms with van der Waals surface area (Å²) in [7, 11) is 1.63. The van der Waals surface area contributed by atoms with Crippen LogP contribution in [0.2, 0.25) is 0 Å². The van der Waals surface area contributed by atoms with Crippen molar-refractivity contribution in [1.29, 1.82) is 0 Å². The number of imide groups is 1. The summed E-state index contributed by atoms with van der Waals surface area (Å²) in [4.78, 5) is 36.5. The van der Waals surface area contributed by atoms with Gasteiger partial charge < -0.3 is 0 Å². The van der Waals surface area contributed by atoms with Crippen LogP contribution in [0.15, 0.2) is 48.6 Å². The van der Waals surface area contributed by atoms with Crippen molar-refractivity contribution in [3.63, 3.8) is 0 Å². The number of amides is 2. The number of allylic oxidation sites excluding steroid dienone is 3. The van der Waals surface area contributed by atoms with E-state index in [-0.39, 0.29) is 30.6 Å². The van der Waals surface area contributed by atoms with Crippen molar-refractivity contribution in [3.8, 4) is 0 Å². The molecular weight excluding hydrogens is 280 g/mol. The summed E-state index contributed by atoms with van der Waals surface area (Å²) in [6.45, 7) is 5.55. The molecule has 0 unspecified atom stereocenters. The Morgan fingerprint density at radius 3 is 2.27 bits per heavy atom. The van der Waals surface area contributed by atoms with Crippen LogP contribution in [0.25, 0.3) is 0 Å². The van der Waals surface area contributed by atoms with Gasteiger partial charge in [0.1, 0.15) is 0 Å². The van der Waals surface area contributed by atoms with E-state index in [1.807, 2.05) is 0 Å². The molecule has 2 amide bonds. The lowest BCUT2D eigenvalue weighted by molar-refractivity contribution is -0.116. The highest BCUT2D eigenvalue weighted by Gasteiger charge is 2.37. The van der Waals surface area contributed by atoms with Gasteiger partial charge in [0.15, 0.2) is 5.78 Å². The summed E-state index contributed by atoms with van der Waals surface area (Å²) in [6.07, 6.45) is 3.42. The maximum absolute atomic E-state index is 12.3. The average Bonchev–Trinajstić information content (AvgIpc) is 2.77. The molecule has 0 saturated carbocycles. The topological polar surface area (TPSA) is 57.7 Å². The average molecular weight is 298 g/mol. The number of ketones is 1. The molecule has 0 aliphatic carbocycles. The van der Waals surface area contributed by atoms with Crippen LogP contribution in [0, 0.1) is 0 Å². The number of carbonyl (C=O) groups is 3. The van der Waals surface area contributed by atoms with E-state index in [9.17, 15) is 14.4 Å². The smallest absolute Gasteiger partial charge is 0.276 e. The second kappa shape index (κ2) is 6.49. The minimum absolute atomic E-state index is 0.0386. The Labute approximate surface area is 129 Å². The predicted molar refractivity (Wildman–Crippen MR) is 83.2 cm³/mol. The molecule has 0 spiro atoms. The van der Waals surface area contributed by atoms with Crippen LogP contribution in [0.5, 0.6) is 0 Å².